The quantitative estimate of drug-likeness (QED) is 0.885. The van der Waals surface area contributed by atoms with Gasteiger partial charge in [0.2, 0.25) is 0 Å². The number of hydrogen-bond donors (Lipinski definition) is 2. The van der Waals surface area contributed by atoms with Gasteiger partial charge in [-0.05, 0) is 43.5 Å². The number of hydrogen-bond acceptors (Lipinski definition) is 5. The number of nitrogens with zero attached hydrogens (tertiary/aromatic N) is 2. The van der Waals surface area contributed by atoms with Crippen molar-refractivity contribution in [2.45, 2.75) is 38.5 Å². The Balaban J connectivity index is 1.79. The number of pyridine rings is 1. The summed E-state index contributed by atoms with van der Waals surface area (Å²) in [5, 5.41) is 3.65. The van der Waals surface area contributed by atoms with Crippen LogP contribution in [-0.4, -0.2) is 23.8 Å². The zero-order valence-corrected chi connectivity index (χ0v) is 15.4. The highest BCUT2D eigenvalue weighted by atomic mass is 16.5. The molecule has 0 amide bonds. The molecule has 138 valence electrons. The van der Waals surface area contributed by atoms with Crippen LogP contribution in [0.3, 0.4) is 0 Å². The van der Waals surface area contributed by atoms with Crippen molar-refractivity contribution in [3.8, 4) is 0 Å². The van der Waals surface area contributed by atoms with E-state index in [9.17, 15) is 4.79 Å². The third kappa shape index (κ3) is 2.89. The molecule has 0 aliphatic carbocycles. The molecule has 1 aromatic heterocycles. The van der Waals surface area contributed by atoms with Gasteiger partial charge in [0.15, 0.2) is 0 Å². The fourth-order valence-electron chi connectivity index (χ4n) is 4.07. The molecule has 1 fully saturated rings. The van der Waals surface area contributed by atoms with Crippen LogP contribution < -0.4 is 21.5 Å². The molecule has 3 N–H and O–H groups in total. The molecule has 0 radical (unpaired) electrons. The van der Waals surface area contributed by atoms with E-state index in [4.69, 9.17) is 10.5 Å². The molecule has 0 saturated carbocycles. The van der Waals surface area contributed by atoms with E-state index < -0.39 is 0 Å². The van der Waals surface area contributed by atoms with Crippen LogP contribution in [0, 0.1) is 6.92 Å². The van der Waals surface area contributed by atoms with Crippen LogP contribution in [-0.2, 0) is 18.3 Å². The minimum Gasteiger partial charge on any atom is -0.381 e. The molecule has 1 saturated heterocycles. The van der Waals surface area contributed by atoms with Crippen LogP contribution in [0.4, 0.5) is 11.4 Å². The number of nitrogens with one attached hydrogen (secondary N) is 1. The first-order valence-corrected chi connectivity index (χ1v) is 9.21. The molecule has 0 bridgehead atoms. The molecular weight excluding hydrogens is 328 g/mol. The van der Waals surface area contributed by atoms with Crippen LogP contribution in [0.5, 0.6) is 0 Å². The fraction of sp³-hybridized carbons (Fsp3) is 0.450. The van der Waals surface area contributed by atoms with Gasteiger partial charge in [0.25, 0.3) is 5.56 Å². The summed E-state index contributed by atoms with van der Waals surface area (Å²) in [7, 11) is 1.81. The Kier molecular flexibility index (Phi) is 4.46. The van der Waals surface area contributed by atoms with Crippen molar-refractivity contribution in [3.05, 3.63) is 57.5 Å². The van der Waals surface area contributed by atoms with Crippen LogP contribution in [0.25, 0.3) is 0 Å². The average Bonchev–Trinajstić information content (AvgIpc) is 3.05. The molecule has 6 nitrogen and oxygen atoms in total. The lowest BCUT2D eigenvalue weighted by atomic mass is 10.0. The summed E-state index contributed by atoms with van der Waals surface area (Å²) < 4.78 is 7.24. The molecule has 26 heavy (non-hydrogen) atoms. The first-order chi connectivity index (χ1) is 12.6. The van der Waals surface area contributed by atoms with Crippen molar-refractivity contribution in [2.75, 3.05) is 23.4 Å². The van der Waals surface area contributed by atoms with E-state index in [0.29, 0.717) is 12.6 Å². The van der Waals surface area contributed by atoms with Gasteiger partial charge in [-0.2, -0.15) is 0 Å². The van der Waals surface area contributed by atoms with Gasteiger partial charge in [0.05, 0.1) is 11.4 Å². The second-order valence-corrected chi connectivity index (χ2v) is 7.23. The van der Waals surface area contributed by atoms with E-state index in [1.807, 2.05) is 26.2 Å². The molecular formula is C20H26N4O2. The predicted molar refractivity (Wildman–Crippen MR) is 103 cm³/mol. The van der Waals surface area contributed by atoms with Crippen molar-refractivity contribution in [2.24, 2.45) is 12.8 Å². The first kappa shape index (κ1) is 17.1. The fourth-order valence-corrected chi connectivity index (χ4v) is 4.07. The molecule has 1 aromatic carbocycles. The Labute approximate surface area is 153 Å². The molecule has 2 aliphatic rings. The van der Waals surface area contributed by atoms with E-state index in [1.165, 1.54) is 5.69 Å². The lowest BCUT2D eigenvalue weighted by Crippen LogP contribution is -2.41. The molecule has 2 aromatic rings. The highest BCUT2D eigenvalue weighted by molar-refractivity contribution is 5.78. The van der Waals surface area contributed by atoms with E-state index in [0.717, 1.165) is 48.4 Å². The highest BCUT2D eigenvalue weighted by Crippen LogP contribution is 2.44. The maximum atomic E-state index is 12.1. The Hall–Kier alpha value is -2.31. The number of nitrogens with two attached hydrogens (primary N) is 1. The van der Waals surface area contributed by atoms with Crippen molar-refractivity contribution >= 4 is 11.4 Å². The number of anilines is 2. The van der Waals surface area contributed by atoms with Crippen LogP contribution in [0.1, 0.15) is 35.7 Å². The summed E-state index contributed by atoms with van der Waals surface area (Å²) in [4.78, 5) is 14.6. The molecule has 0 spiro atoms. The van der Waals surface area contributed by atoms with E-state index in [2.05, 4.69) is 28.4 Å². The summed E-state index contributed by atoms with van der Waals surface area (Å²) in [5.74, 6) is 0. The number of ether oxygens (including phenoxy) is 1. The summed E-state index contributed by atoms with van der Waals surface area (Å²) in [6.45, 7) is 3.97. The predicted octanol–water partition coefficient (Wildman–Crippen LogP) is 2.26. The third-order valence-electron chi connectivity index (χ3n) is 5.43. The van der Waals surface area contributed by atoms with Crippen molar-refractivity contribution in [1.29, 1.82) is 0 Å². The Morgan fingerprint density at radius 2 is 2.04 bits per heavy atom. The van der Waals surface area contributed by atoms with Crippen LogP contribution in [0.2, 0.25) is 0 Å². The van der Waals surface area contributed by atoms with Gasteiger partial charge >= 0.3 is 0 Å². The zero-order valence-electron chi connectivity index (χ0n) is 15.4. The van der Waals surface area contributed by atoms with Gasteiger partial charge < -0.3 is 25.3 Å². The molecule has 1 atom stereocenters. The Morgan fingerprint density at radius 1 is 1.27 bits per heavy atom. The van der Waals surface area contributed by atoms with Gasteiger partial charge in [0, 0.05) is 50.2 Å². The Morgan fingerprint density at radius 3 is 2.73 bits per heavy atom. The number of aromatic nitrogens is 1. The number of aryl methyl sites for hydroxylation is 2. The second-order valence-electron chi connectivity index (χ2n) is 7.23. The maximum Gasteiger partial charge on any atom is 0.253 e. The smallest absolute Gasteiger partial charge is 0.253 e. The summed E-state index contributed by atoms with van der Waals surface area (Å²) in [5.41, 5.74) is 11.2. The normalized spacial score (nSPS) is 20.1. The van der Waals surface area contributed by atoms with Crippen molar-refractivity contribution in [1.82, 2.24) is 4.57 Å². The summed E-state index contributed by atoms with van der Waals surface area (Å²) >= 11 is 0. The van der Waals surface area contributed by atoms with Gasteiger partial charge in [-0.15, -0.1) is 0 Å². The number of benzene rings is 1. The lowest BCUT2D eigenvalue weighted by molar-refractivity contribution is 0.0834. The summed E-state index contributed by atoms with van der Waals surface area (Å²) in [6, 6.07) is 8.77. The molecule has 1 unspecified atom stereocenters. The topological polar surface area (TPSA) is 72.5 Å². The van der Waals surface area contributed by atoms with Gasteiger partial charge in [-0.3, -0.25) is 4.79 Å². The molecule has 3 heterocycles. The van der Waals surface area contributed by atoms with Gasteiger partial charge in [-0.25, -0.2) is 0 Å². The van der Waals surface area contributed by atoms with E-state index in [-0.39, 0.29) is 11.7 Å². The first-order valence-electron chi connectivity index (χ1n) is 9.21. The van der Waals surface area contributed by atoms with Crippen molar-refractivity contribution < 1.29 is 4.74 Å². The average molecular weight is 354 g/mol. The summed E-state index contributed by atoms with van der Waals surface area (Å²) in [6.07, 6.45) is 3.94. The molecule has 4 rings (SSSR count). The molecule has 2 aliphatic heterocycles. The number of rotatable bonds is 3. The van der Waals surface area contributed by atoms with E-state index >= 15 is 0 Å². The zero-order chi connectivity index (χ0) is 18.3. The monoisotopic (exact) mass is 354 g/mol. The van der Waals surface area contributed by atoms with Gasteiger partial charge in [0.1, 0.15) is 6.17 Å². The van der Waals surface area contributed by atoms with E-state index in [1.54, 1.807) is 4.57 Å². The second kappa shape index (κ2) is 6.78. The van der Waals surface area contributed by atoms with Crippen LogP contribution >= 0.6 is 0 Å². The largest absolute Gasteiger partial charge is 0.381 e. The lowest BCUT2D eigenvalue weighted by Gasteiger charge is -2.37. The van der Waals surface area contributed by atoms with Gasteiger partial charge in [-0.1, -0.05) is 6.07 Å². The highest BCUT2D eigenvalue weighted by Gasteiger charge is 2.36. The SMILES string of the molecule is Cc1cc(C2Nc3ccc(CN)cc3N2C2CCOCC2)cn(C)c1=O. The van der Waals surface area contributed by atoms with Crippen molar-refractivity contribution in [3.63, 3.8) is 0 Å². The third-order valence-corrected chi connectivity index (χ3v) is 5.43. The molecule has 6 heteroatoms. The Bertz CT molecular complexity index is 844. The van der Waals surface area contributed by atoms with Crippen LogP contribution in [0.15, 0.2) is 35.3 Å². The standard InChI is InChI=1S/C20H26N4O2/c1-13-9-15(12-23(2)20(13)25)19-22-17-4-3-14(11-21)10-18(17)24(19)16-5-7-26-8-6-16/h3-4,9-10,12,16,19,22H,5-8,11,21H2,1-2H3. The minimum atomic E-state index is 0.00613. The number of fused-ring (bicyclic) bond motifs is 1. The minimum absolute atomic E-state index is 0.00613. The maximum absolute atomic E-state index is 12.1.